The van der Waals surface area contributed by atoms with Gasteiger partial charge in [0.1, 0.15) is 11.5 Å². The summed E-state index contributed by atoms with van der Waals surface area (Å²) in [4.78, 5) is 12.6. The van der Waals surface area contributed by atoms with Crippen molar-refractivity contribution in [3.63, 3.8) is 0 Å². The maximum absolute atomic E-state index is 13.0. The van der Waals surface area contributed by atoms with Crippen LogP contribution in [0.4, 0.5) is 4.39 Å². The van der Waals surface area contributed by atoms with Crippen LogP contribution < -0.4 is 5.32 Å². The van der Waals surface area contributed by atoms with Gasteiger partial charge in [0.05, 0.1) is 12.5 Å². The number of aryl methyl sites for hydroxylation is 1. The maximum atomic E-state index is 13.0. The molecule has 3 heterocycles. The molecule has 26 heavy (non-hydrogen) atoms. The van der Waals surface area contributed by atoms with Crippen molar-refractivity contribution in [1.82, 2.24) is 30.7 Å². The third-order valence-electron chi connectivity index (χ3n) is 4.44. The fourth-order valence-corrected chi connectivity index (χ4v) is 3.06. The van der Waals surface area contributed by atoms with E-state index in [2.05, 4.69) is 26.0 Å². The average molecular weight is 356 g/mol. The Balaban J connectivity index is 1.42. The van der Waals surface area contributed by atoms with Crippen molar-refractivity contribution in [1.29, 1.82) is 0 Å². The molecule has 8 nitrogen and oxygen atoms in total. The van der Waals surface area contributed by atoms with Crippen LogP contribution in [0.2, 0.25) is 0 Å². The van der Waals surface area contributed by atoms with Gasteiger partial charge in [0, 0.05) is 18.2 Å². The molecule has 0 bridgehead atoms. The van der Waals surface area contributed by atoms with E-state index in [-0.39, 0.29) is 24.2 Å². The monoisotopic (exact) mass is 356 g/mol. The number of halogens is 1. The Hall–Kier alpha value is -3.10. The Morgan fingerprint density at radius 3 is 3.00 bits per heavy atom. The highest BCUT2D eigenvalue weighted by Gasteiger charge is 2.28. The average Bonchev–Trinajstić information content (AvgIpc) is 3.26. The number of aromatic nitrogens is 5. The summed E-state index contributed by atoms with van der Waals surface area (Å²) in [6.07, 6.45) is 2.59. The van der Waals surface area contributed by atoms with Crippen LogP contribution in [0.15, 0.2) is 34.9 Å². The van der Waals surface area contributed by atoms with Crippen molar-refractivity contribution in [3.05, 3.63) is 47.7 Å². The smallest absolute Gasteiger partial charge is 0.231 e. The first-order valence-corrected chi connectivity index (χ1v) is 8.46. The molecular formula is C17H17FN6O2. The zero-order valence-corrected chi connectivity index (χ0v) is 13.9. The largest absolute Gasteiger partial charge is 0.359 e. The van der Waals surface area contributed by atoms with Gasteiger partial charge >= 0.3 is 0 Å². The SMILES string of the molecule is O=C(NCc1cc(-c2ccc(F)cc2)no1)C1CCCCn2nnnc21. The molecule has 0 saturated carbocycles. The van der Waals surface area contributed by atoms with Crippen LogP contribution in [0, 0.1) is 5.82 Å². The third kappa shape index (κ3) is 3.32. The fourth-order valence-electron chi connectivity index (χ4n) is 3.06. The number of nitrogens with one attached hydrogen (secondary N) is 1. The molecule has 134 valence electrons. The number of benzene rings is 1. The van der Waals surface area contributed by atoms with Gasteiger partial charge in [-0.1, -0.05) is 11.6 Å². The van der Waals surface area contributed by atoms with E-state index in [1.165, 1.54) is 12.1 Å². The Kier molecular flexibility index (Phi) is 4.42. The lowest BCUT2D eigenvalue weighted by Gasteiger charge is -2.12. The van der Waals surface area contributed by atoms with Crippen LogP contribution in [0.3, 0.4) is 0 Å². The van der Waals surface area contributed by atoms with Crippen LogP contribution in [0.5, 0.6) is 0 Å². The Morgan fingerprint density at radius 2 is 2.15 bits per heavy atom. The maximum Gasteiger partial charge on any atom is 0.231 e. The molecule has 0 aliphatic carbocycles. The Morgan fingerprint density at radius 1 is 1.31 bits per heavy atom. The number of rotatable bonds is 4. The second kappa shape index (κ2) is 7.03. The number of carbonyl (C=O) groups excluding carboxylic acids is 1. The zero-order chi connectivity index (χ0) is 17.9. The predicted octanol–water partition coefficient (Wildman–Crippen LogP) is 2.05. The quantitative estimate of drug-likeness (QED) is 0.768. The van der Waals surface area contributed by atoms with Gasteiger partial charge in [0.15, 0.2) is 11.6 Å². The zero-order valence-electron chi connectivity index (χ0n) is 13.9. The van der Waals surface area contributed by atoms with Crippen LogP contribution >= 0.6 is 0 Å². The molecule has 9 heteroatoms. The summed E-state index contributed by atoms with van der Waals surface area (Å²) < 4.78 is 20.0. The summed E-state index contributed by atoms with van der Waals surface area (Å²) in [5.41, 5.74) is 1.34. The fraction of sp³-hybridized carbons (Fsp3) is 0.353. The van der Waals surface area contributed by atoms with E-state index in [1.807, 2.05) is 0 Å². The molecule has 1 aliphatic heterocycles. The van der Waals surface area contributed by atoms with Crippen molar-refractivity contribution in [3.8, 4) is 11.3 Å². The van der Waals surface area contributed by atoms with Crippen molar-refractivity contribution in [2.24, 2.45) is 0 Å². The first kappa shape index (κ1) is 16.4. The van der Waals surface area contributed by atoms with Crippen molar-refractivity contribution in [2.75, 3.05) is 0 Å². The molecule has 0 radical (unpaired) electrons. The molecular weight excluding hydrogens is 339 g/mol. The first-order chi connectivity index (χ1) is 12.7. The number of carbonyl (C=O) groups is 1. The molecule has 0 spiro atoms. The second-order valence-corrected chi connectivity index (χ2v) is 6.21. The number of nitrogens with zero attached hydrogens (tertiary/aromatic N) is 5. The summed E-state index contributed by atoms with van der Waals surface area (Å²) in [6, 6.07) is 7.70. The summed E-state index contributed by atoms with van der Waals surface area (Å²) in [6.45, 7) is 0.945. The van der Waals surface area contributed by atoms with Gasteiger partial charge in [-0.3, -0.25) is 4.79 Å². The minimum Gasteiger partial charge on any atom is -0.359 e. The molecule has 1 amide bonds. The molecule has 4 rings (SSSR count). The third-order valence-corrected chi connectivity index (χ3v) is 4.44. The van der Waals surface area contributed by atoms with Gasteiger partial charge in [-0.25, -0.2) is 9.07 Å². The molecule has 1 N–H and O–H groups in total. The highest BCUT2D eigenvalue weighted by Crippen LogP contribution is 2.24. The number of hydrogen-bond donors (Lipinski definition) is 1. The van der Waals surface area contributed by atoms with Gasteiger partial charge in [-0.15, -0.1) is 5.10 Å². The van der Waals surface area contributed by atoms with Gasteiger partial charge in [0.2, 0.25) is 5.91 Å². The minimum atomic E-state index is -0.369. The van der Waals surface area contributed by atoms with E-state index in [0.717, 1.165) is 24.9 Å². The van der Waals surface area contributed by atoms with Gasteiger partial charge in [-0.2, -0.15) is 0 Å². The Labute approximate surface area is 148 Å². The molecule has 1 aromatic carbocycles. The molecule has 0 saturated heterocycles. The topological polar surface area (TPSA) is 98.7 Å². The molecule has 3 aromatic rings. The Bertz CT molecular complexity index is 904. The van der Waals surface area contributed by atoms with Crippen LogP contribution in [-0.2, 0) is 17.9 Å². The highest BCUT2D eigenvalue weighted by molar-refractivity contribution is 5.82. The van der Waals surface area contributed by atoms with Crippen molar-refractivity contribution >= 4 is 5.91 Å². The molecule has 1 atom stereocenters. The van der Waals surface area contributed by atoms with Crippen LogP contribution in [0.25, 0.3) is 11.3 Å². The lowest BCUT2D eigenvalue weighted by atomic mass is 10.0. The van der Waals surface area contributed by atoms with Crippen LogP contribution in [-0.4, -0.2) is 31.3 Å². The molecule has 2 aromatic heterocycles. The minimum absolute atomic E-state index is 0.136. The number of tetrazole rings is 1. The highest BCUT2D eigenvalue weighted by atomic mass is 19.1. The van der Waals surface area contributed by atoms with Crippen molar-refractivity contribution < 1.29 is 13.7 Å². The number of amides is 1. The lowest BCUT2D eigenvalue weighted by Crippen LogP contribution is -2.30. The molecule has 0 fully saturated rings. The van der Waals surface area contributed by atoms with E-state index < -0.39 is 0 Å². The normalized spacial score (nSPS) is 16.7. The summed E-state index contributed by atoms with van der Waals surface area (Å²) >= 11 is 0. The van der Waals surface area contributed by atoms with E-state index in [0.29, 0.717) is 23.7 Å². The van der Waals surface area contributed by atoms with Crippen molar-refractivity contribution in [2.45, 2.75) is 38.3 Å². The second-order valence-electron chi connectivity index (χ2n) is 6.21. The first-order valence-electron chi connectivity index (χ1n) is 8.46. The lowest BCUT2D eigenvalue weighted by molar-refractivity contribution is -0.123. The van der Waals surface area contributed by atoms with Gasteiger partial charge in [0.25, 0.3) is 0 Å². The predicted molar refractivity (Wildman–Crippen MR) is 88.2 cm³/mol. The molecule has 1 unspecified atom stereocenters. The summed E-state index contributed by atoms with van der Waals surface area (Å²) in [5, 5.41) is 18.4. The summed E-state index contributed by atoms with van der Waals surface area (Å²) in [7, 11) is 0. The van der Waals surface area contributed by atoms with E-state index in [1.54, 1.807) is 22.9 Å². The van der Waals surface area contributed by atoms with Crippen LogP contribution in [0.1, 0.15) is 36.8 Å². The van der Waals surface area contributed by atoms with Gasteiger partial charge in [-0.05, 0) is 47.5 Å². The molecule has 1 aliphatic rings. The van der Waals surface area contributed by atoms with E-state index >= 15 is 0 Å². The van der Waals surface area contributed by atoms with Gasteiger partial charge < -0.3 is 9.84 Å². The number of hydrogen-bond acceptors (Lipinski definition) is 6. The summed E-state index contributed by atoms with van der Waals surface area (Å²) in [5.74, 6) is 0.306. The standard InChI is InChI=1S/C17H17FN6O2/c18-12-6-4-11(5-7-12)15-9-13(26-21-15)10-19-17(25)14-3-1-2-8-24-16(14)20-22-23-24/h4-7,9,14H,1-3,8,10H2,(H,19,25). The van der Waals surface area contributed by atoms with E-state index in [9.17, 15) is 9.18 Å². The van der Waals surface area contributed by atoms with E-state index in [4.69, 9.17) is 4.52 Å². The number of fused-ring (bicyclic) bond motifs is 1.